The van der Waals surface area contributed by atoms with Crippen molar-refractivity contribution in [3.05, 3.63) is 23.8 Å². The van der Waals surface area contributed by atoms with Gasteiger partial charge in [0.25, 0.3) is 5.91 Å². The fourth-order valence-corrected chi connectivity index (χ4v) is 2.17. The predicted molar refractivity (Wildman–Crippen MR) is 88.4 cm³/mol. The van der Waals surface area contributed by atoms with E-state index in [-0.39, 0.29) is 38.0 Å². The second-order valence-electron chi connectivity index (χ2n) is 5.26. The quantitative estimate of drug-likeness (QED) is 0.686. The first-order chi connectivity index (χ1) is 11.4. The number of methoxy groups -OCH3 is 2. The number of hydrogen-bond donors (Lipinski definition) is 1. The molecule has 0 spiro atoms. The Morgan fingerprint density at radius 3 is 2.21 bits per heavy atom. The van der Waals surface area contributed by atoms with Gasteiger partial charge in [0.2, 0.25) is 0 Å². The van der Waals surface area contributed by atoms with E-state index in [0.29, 0.717) is 17.1 Å². The molecule has 1 amide bonds. The van der Waals surface area contributed by atoms with Gasteiger partial charge in [-0.2, -0.15) is 0 Å². The molecule has 0 heterocycles. The highest BCUT2D eigenvalue weighted by molar-refractivity contribution is 5.95. The molecule has 1 rings (SSSR count). The zero-order valence-corrected chi connectivity index (χ0v) is 14.6. The molecule has 134 valence electrons. The molecule has 0 bridgehead atoms. The van der Waals surface area contributed by atoms with Crippen LogP contribution in [0.1, 0.15) is 30.6 Å². The minimum atomic E-state index is -0.719. The number of carbonyl (C=O) groups is 2. The summed E-state index contributed by atoms with van der Waals surface area (Å²) in [6, 6.07) is 4.84. The van der Waals surface area contributed by atoms with E-state index in [1.165, 1.54) is 19.1 Å². The van der Waals surface area contributed by atoms with Gasteiger partial charge >= 0.3 is 5.97 Å². The van der Waals surface area contributed by atoms with Gasteiger partial charge in [0.05, 0.1) is 33.4 Å². The second kappa shape index (κ2) is 9.77. The van der Waals surface area contributed by atoms with E-state index in [1.807, 2.05) is 0 Å². The van der Waals surface area contributed by atoms with E-state index >= 15 is 0 Å². The summed E-state index contributed by atoms with van der Waals surface area (Å²) < 4.78 is 15.2. The molecule has 1 unspecified atom stereocenters. The first-order valence-electron chi connectivity index (χ1n) is 7.77. The number of esters is 1. The van der Waals surface area contributed by atoms with Crippen LogP contribution >= 0.6 is 0 Å². The first-order valence-corrected chi connectivity index (χ1v) is 7.77. The number of carbonyl (C=O) groups excluding carboxylic acids is 2. The number of aliphatic hydroxyl groups is 1. The first kappa shape index (κ1) is 19.8. The van der Waals surface area contributed by atoms with Crippen LogP contribution in [0, 0.1) is 0 Å². The van der Waals surface area contributed by atoms with Crippen LogP contribution in [-0.2, 0) is 9.53 Å². The molecule has 24 heavy (non-hydrogen) atoms. The average molecular weight is 339 g/mol. The highest BCUT2D eigenvalue weighted by Crippen LogP contribution is 2.23. The van der Waals surface area contributed by atoms with Crippen molar-refractivity contribution >= 4 is 11.9 Å². The molecular weight excluding hydrogens is 314 g/mol. The molecule has 0 fully saturated rings. The average Bonchev–Trinajstić information content (AvgIpc) is 2.57. The van der Waals surface area contributed by atoms with Crippen molar-refractivity contribution in [2.75, 3.05) is 33.9 Å². The van der Waals surface area contributed by atoms with Crippen LogP contribution in [-0.4, -0.2) is 61.9 Å². The summed E-state index contributed by atoms with van der Waals surface area (Å²) >= 11 is 0. The smallest absolute Gasteiger partial charge is 0.307 e. The lowest BCUT2D eigenvalue weighted by Gasteiger charge is -2.24. The molecule has 0 aliphatic carbocycles. The lowest BCUT2D eigenvalue weighted by molar-refractivity contribution is -0.143. The van der Waals surface area contributed by atoms with Crippen molar-refractivity contribution in [2.24, 2.45) is 0 Å². The maximum atomic E-state index is 12.7. The van der Waals surface area contributed by atoms with E-state index in [2.05, 4.69) is 0 Å². The van der Waals surface area contributed by atoms with Gasteiger partial charge in [-0.3, -0.25) is 9.59 Å². The summed E-state index contributed by atoms with van der Waals surface area (Å²) in [5, 5.41) is 9.63. The van der Waals surface area contributed by atoms with Gasteiger partial charge in [-0.25, -0.2) is 0 Å². The standard InChI is InChI=1S/C17H25NO6/c1-5-24-16(20)6-7-18(11-12(2)19)17(21)13-8-14(22-3)10-15(9-13)23-4/h8-10,12,19H,5-7,11H2,1-4H3. The minimum absolute atomic E-state index is 0.0629. The molecular formula is C17H25NO6. The largest absolute Gasteiger partial charge is 0.497 e. The van der Waals surface area contributed by atoms with Crippen molar-refractivity contribution in [1.29, 1.82) is 0 Å². The van der Waals surface area contributed by atoms with Gasteiger partial charge in [0.1, 0.15) is 11.5 Å². The number of benzene rings is 1. The summed E-state index contributed by atoms with van der Waals surface area (Å²) in [6.45, 7) is 3.85. The van der Waals surface area contributed by atoms with Crippen LogP contribution in [0.5, 0.6) is 11.5 Å². The molecule has 0 saturated carbocycles. The van der Waals surface area contributed by atoms with Crippen LogP contribution in [0.4, 0.5) is 0 Å². The molecule has 1 aromatic rings. The van der Waals surface area contributed by atoms with Crippen LogP contribution in [0.2, 0.25) is 0 Å². The fraction of sp³-hybridized carbons (Fsp3) is 0.529. The van der Waals surface area contributed by atoms with Gasteiger partial charge in [-0.1, -0.05) is 0 Å². The summed E-state index contributed by atoms with van der Waals surface area (Å²) in [5.41, 5.74) is 0.357. The molecule has 0 radical (unpaired) electrons. The Hall–Kier alpha value is -2.28. The van der Waals surface area contributed by atoms with Crippen molar-refractivity contribution in [2.45, 2.75) is 26.4 Å². The maximum Gasteiger partial charge on any atom is 0.307 e. The maximum absolute atomic E-state index is 12.7. The highest BCUT2D eigenvalue weighted by atomic mass is 16.5. The Labute approximate surface area is 142 Å². The van der Waals surface area contributed by atoms with E-state index in [0.717, 1.165) is 0 Å². The van der Waals surface area contributed by atoms with Gasteiger partial charge in [0, 0.05) is 24.7 Å². The zero-order chi connectivity index (χ0) is 18.1. The number of nitrogens with zero attached hydrogens (tertiary/aromatic N) is 1. The zero-order valence-electron chi connectivity index (χ0n) is 14.6. The Morgan fingerprint density at radius 1 is 1.17 bits per heavy atom. The van der Waals surface area contributed by atoms with E-state index in [4.69, 9.17) is 14.2 Å². The van der Waals surface area contributed by atoms with Crippen LogP contribution < -0.4 is 9.47 Å². The van der Waals surface area contributed by atoms with E-state index in [9.17, 15) is 14.7 Å². The summed E-state index contributed by atoms with van der Waals surface area (Å²) in [7, 11) is 2.99. The van der Waals surface area contributed by atoms with Crippen molar-refractivity contribution in [1.82, 2.24) is 4.90 Å². The Morgan fingerprint density at radius 2 is 1.75 bits per heavy atom. The van der Waals surface area contributed by atoms with Gasteiger partial charge in [-0.05, 0) is 26.0 Å². The molecule has 0 aliphatic rings. The summed E-state index contributed by atoms with van der Waals surface area (Å²) in [5.74, 6) is 0.265. The molecule has 1 aromatic carbocycles. The van der Waals surface area contributed by atoms with Gasteiger partial charge < -0.3 is 24.2 Å². The van der Waals surface area contributed by atoms with Crippen LogP contribution in [0.3, 0.4) is 0 Å². The molecule has 0 saturated heterocycles. The second-order valence-corrected chi connectivity index (χ2v) is 5.26. The lowest BCUT2D eigenvalue weighted by Crippen LogP contribution is -2.38. The molecule has 1 atom stereocenters. The predicted octanol–water partition coefficient (Wildman–Crippen LogP) is 1.48. The molecule has 7 heteroatoms. The van der Waals surface area contributed by atoms with Crippen molar-refractivity contribution in [3.63, 3.8) is 0 Å². The number of ether oxygens (including phenoxy) is 3. The number of hydrogen-bond acceptors (Lipinski definition) is 6. The van der Waals surface area contributed by atoms with Crippen molar-refractivity contribution < 1.29 is 28.9 Å². The van der Waals surface area contributed by atoms with E-state index < -0.39 is 6.10 Å². The molecule has 0 aliphatic heterocycles. The topological polar surface area (TPSA) is 85.3 Å². The normalized spacial score (nSPS) is 11.5. The summed E-state index contributed by atoms with van der Waals surface area (Å²) in [4.78, 5) is 25.7. The number of aliphatic hydroxyl groups excluding tert-OH is 1. The number of rotatable bonds is 9. The van der Waals surface area contributed by atoms with E-state index in [1.54, 1.807) is 32.0 Å². The monoisotopic (exact) mass is 339 g/mol. The Bertz CT molecular complexity index is 536. The minimum Gasteiger partial charge on any atom is -0.497 e. The van der Waals surface area contributed by atoms with Crippen molar-refractivity contribution in [3.8, 4) is 11.5 Å². The lowest BCUT2D eigenvalue weighted by atomic mass is 10.1. The Balaban J connectivity index is 2.96. The SMILES string of the molecule is CCOC(=O)CCN(CC(C)O)C(=O)c1cc(OC)cc(OC)c1. The van der Waals surface area contributed by atoms with Gasteiger partial charge in [-0.15, -0.1) is 0 Å². The van der Waals surface area contributed by atoms with Crippen LogP contribution in [0.15, 0.2) is 18.2 Å². The third-order valence-corrected chi connectivity index (χ3v) is 3.26. The number of amides is 1. The fourth-order valence-electron chi connectivity index (χ4n) is 2.17. The Kier molecular flexibility index (Phi) is 8.05. The molecule has 7 nitrogen and oxygen atoms in total. The molecule has 1 N–H and O–H groups in total. The van der Waals surface area contributed by atoms with Gasteiger partial charge in [0.15, 0.2) is 0 Å². The highest BCUT2D eigenvalue weighted by Gasteiger charge is 2.20. The third kappa shape index (κ3) is 6.08. The summed E-state index contributed by atoms with van der Waals surface area (Å²) in [6.07, 6.45) is -0.656. The molecule has 0 aromatic heterocycles. The third-order valence-electron chi connectivity index (χ3n) is 3.26. The van der Waals surface area contributed by atoms with Crippen LogP contribution in [0.25, 0.3) is 0 Å².